The fraction of sp³-hybridized carbons (Fsp3) is 0.625. The highest BCUT2D eigenvalue weighted by molar-refractivity contribution is 6.20. The van der Waals surface area contributed by atoms with E-state index in [-0.39, 0.29) is 5.38 Å². The lowest BCUT2D eigenvalue weighted by molar-refractivity contribution is 0.457. The summed E-state index contributed by atoms with van der Waals surface area (Å²) in [5.74, 6) is 1.60. The molecule has 1 fully saturated rings. The summed E-state index contributed by atoms with van der Waals surface area (Å²) in [6.45, 7) is 12.4. The van der Waals surface area contributed by atoms with Gasteiger partial charge in [0.2, 0.25) is 0 Å². The third-order valence-electron chi connectivity index (χ3n) is 5.62. The fourth-order valence-electron chi connectivity index (χ4n) is 3.47. The van der Waals surface area contributed by atoms with E-state index in [1.807, 2.05) is 25.4 Å². The lowest BCUT2D eigenvalue weighted by Crippen LogP contribution is -2.09. The number of hydrogen-bond acceptors (Lipinski definition) is 2. The van der Waals surface area contributed by atoms with E-state index in [2.05, 4.69) is 42.2 Å². The van der Waals surface area contributed by atoms with Crippen molar-refractivity contribution < 1.29 is 0 Å². The Bertz CT molecular complexity index is 641. The highest BCUT2D eigenvalue weighted by Gasteiger charge is 2.64. The molecule has 1 unspecified atom stereocenters. The first kappa shape index (κ1) is 13.9. The van der Waals surface area contributed by atoms with Crippen LogP contribution in [-0.2, 0) is 6.54 Å². The summed E-state index contributed by atoms with van der Waals surface area (Å²) in [6.07, 6.45) is 3.64. The average Bonchev–Trinajstić information content (AvgIpc) is 2.70. The zero-order chi connectivity index (χ0) is 14.7. The largest absolute Gasteiger partial charge is 0.326 e. The summed E-state index contributed by atoms with van der Waals surface area (Å²) in [5, 5.41) is -0.0904. The van der Waals surface area contributed by atoms with Crippen molar-refractivity contribution in [2.45, 2.75) is 46.5 Å². The Morgan fingerprint density at radius 3 is 2.50 bits per heavy atom. The average molecular weight is 292 g/mol. The number of hydrogen-bond donors (Lipinski definition) is 0. The maximum absolute atomic E-state index is 6.32. The molecule has 1 saturated carbocycles. The van der Waals surface area contributed by atoms with Gasteiger partial charge in [-0.3, -0.25) is 4.98 Å². The molecule has 2 aromatic rings. The molecule has 3 nitrogen and oxygen atoms in total. The second kappa shape index (κ2) is 4.20. The van der Waals surface area contributed by atoms with Gasteiger partial charge in [-0.15, -0.1) is 11.6 Å². The SMILES string of the molecule is CC(Cl)c1nc2cnccc2n1CC1C(C)(C)C1(C)C. The molecule has 0 bridgehead atoms. The van der Waals surface area contributed by atoms with Crippen LogP contribution in [0.15, 0.2) is 18.5 Å². The molecule has 0 radical (unpaired) electrons. The van der Waals surface area contributed by atoms with Crippen LogP contribution in [0, 0.1) is 16.7 Å². The predicted molar refractivity (Wildman–Crippen MR) is 82.8 cm³/mol. The van der Waals surface area contributed by atoms with Gasteiger partial charge in [0.05, 0.1) is 17.1 Å². The third-order valence-corrected chi connectivity index (χ3v) is 5.82. The summed E-state index contributed by atoms with van der Waals surface area (Å²) >= 11 is 6.32. The van der Waals surface area contributed by atoms with E-state index in [1.165, 1.54) is 0 Å². The zero-order valence-electron chi connectivity index (χ0n) is 12.8. The van der Waals surface area contributed by atoms with Gasteiger partial charge < -0.3 is 4.57 Å². The minimum atomic E-state index is -0.0904. The van der Waals surface area contributed by atoms with Crippen molar-refractivity contribution in [1.82, 2.24) is 14.5 Å². The molecule has 0 aromatic carbocycles. The lowest BCUT2D eigenvalue weighted by atomic mass is 10.0. The van der Waals surface area contributed by atoms with Gasteiger partial charge in [0.1, 0.15) is 11.3 Å². The van der Waals surface area contributed by atoms with Crippen LogP contribution in [0.25, 0.3) is 11.0 Å². The van der Waals surface area contributed by atoms with Crippen molar-refractivity contribution in [3.63, 3.8) is 0 Å². The number of halogens is 1. The van der Waals surface area contributed by atoms with E-state index in [0.29, 0.717) is 16.7 Å². The van der Waals surface area contributed by atoms with Crippen LogP contribution in [-0.4, -0.2) is 14.5 Å². The Morgan fingerprint density at radius 2 is 1.95 bits per heavy atom. The number of aromatic nitrogens is 3. The summed E-state index contributed by atoms with van der Waals surface area (Å²) in [5.41, 5.74) is 2.81. The van der Waals surface area contributed by atoms with Crippen LogP contribution >= 0.6 is 11.6 Å². The Kier molecular flexibility index (Phi) is 2.91. The quantitative estimate of drug-likeness (QED) is 0.784. The van der Waals surface area contributed by atoms with Gasteiger partial charge in [-0.2, -0.15) is 0 Å². The van der Waals surface area contributed by atoms with Crippen molar-refractivity contribution in [1.29, 1.82) is 0 Å². The number of imidazole rings is 1. The lowest BCUT2D eigenvalue weighted by Gasteiger charge is -2.11. The maximum atomic E-state index is 6.32. The Morgan fingerprint density at radius 1 is 1.30 bits per heavy atom. The first-order chi connectivity index (χ1) is 9.26. The maximum Gasteiger partial charge on any atom is 0.127 e. The summed E-state index contributed by atoms with van der Waals surface area (Å²) in [6, 6.07) is 2.04. The van der Waals surface area contributed by atoms with Crippen molar-refractivity contribution in [2.75, 3.05) is 0 Å². The Balaban J connectivity index is 2.05. The molecule has 2 heterocycles. The molecular weight excluding hydrogens is 270 g/mol. The van der Waals surface area contributed by atoms with E-state index >= 15 is 0 Å². The zero-order valence-corrected chi connectivity index (χ0v) is 13.6. The summed E-state index contributed by atoms with van der Waals surface area (Å²) in [7, 11) is 0. The van der Waals surface area contributed by atoms with Crippen molar-refractivity contribution in [2.24, 2.45) is 16.7 Å². The van der Waals surface area contributed by atoms with E-state index in [1.54, 1.807) is 0 Å². The fourth-order valence-corrected chi connectivity index (χ4v) is 3.63. The van der Waals surface area contributed by atoms with E-state index in [0.717, 1.165) is 23.4 Å². The van der Waals surface area contributed by atoms with Crippen LogP contribution in [0.3, 0.4) is 0 Å². The molecule has 0 aliphatic heterocycles. The van der Waals surface area contributed by atoms with Crippen LogP contribution < -0.4 is 0 Å². The van der Waals surface area contributed by atoms with Gasteiger partial charge >= 0.3 is 0 Å². The highest BCUT2D eigenvalue weighted by atomic mass is 35.5. The molecule has 20 heavy (non-hydrogen) atoms. The van der Waals surface area contributed by atoms with Gasteiger partial charge in [-0.1, -0.05) is 27.7 Å². The monoisotopic (exact) mass is 291 g/mol. The Hall–Kier alpha value is -1.09. The molecule has 2 aromatic heterocycles. The normalized spacial score (nSPS) is 22.1. The second-order valence-corrected chi connectivity index (χ2v) is 7.71. The predicted octanol–water partition coefficient (Wildman–Crippen LogP) is 4.41. The number of rotatable bonds is 3. The molecule has 1 aliphatic carbocycles. The Labute approximate surface area is 125 Å². The molecule has 4 heteroatoms. The molecule has 0 amide bonds. The van der Waals surface area contributed by atoms with E-state index in [4.69, 9.17) is 11.6 Å². The summed E-state index contributed by atoms with van der Waals surface area (Å²) in [4.78, 5) is 8.82. The van der Waals surface area contributed by atoms with Gasteiger partial charge in [-0.25, -0.2) is 4.98 Å². The van der Waals surface area contributed by atoms with Crippen LogP contribution in [0.4, 0.5) is 0 Å². The van der Waals surface area contributed by atoms with Gasteiger partial charge in [0.15, 0.2) is 0 Å². The number of fused-ring (bicyclic) bond motifs is 1. The summed E-state index contributed by atoms with van der Waals surface area (Å²) < 4.78 is 2.29. The molecule has 0 saturated heterocycles. The third kappa shape index (κ3) is 1.79. The van der Waals surface area contributed by atoms with Crippen molar-refractivity contribution in [3.05, 3.63) is 24.3 Å². The molecule has 1 atom stereocenters. The molecule has 3 rings (SSSR count). The number of alkyl halides is 1. The number of nitrogens with zero attached hydrogens (tertiary/aromatic N) is 3. The van der Waals surface area contributed by atoms with E-state index < -0.39 is 0 Å². The minimum absolute atomic E-state index is 0.0904. The van der Waals surface area contributed by atoms with Crippen LogP contribution in [0.2, 0.25) is 0 Å². The highest BCUT2D eigenvalue weighted by Crippen LogP contribution is 2.69. The standard InChI is InChI=1S/C16H22ClN3/c1-10(17)14-19-11-8-18-7-6-12(11)20(14)9-13-15(2,3)16(13,4)5/h6-8,10,13H,9H2,1-5H3. The van der Waals surface area contributed by atoms with Crippen LogP contribution in [0.5, 0.6) is 0 Å². The second-order valence-electron chi connectivity index (χ2n) is 7.06. The number of pyridine rings is 1. The van der Waals surface area contributed by atoms with E-state index in [9.17, 15) is 0 Å². The van der Waals surface area contributed by atoms with Crippen LogP contribution in [0.1, 0.15) is 45.8 Å². The minimum Gasteiger partial charge on any atom is -0.326 e. The first-order valence-electron chi connectivity index (χ1n) is 7.21. The topological polar surface area (TPSA) is 30.7 Å². The smallest absolute Gasteiger partial charge is 0.127 e. The molecule has 1 aliphatic rings. The first-order valence-corrected chi connectivity index (χ1v) is 7.64. The van der Waals surface area contributed by atoms with Gasteiger partial charge in [-0.05, 0) is 29.7 Å². The molecule has 0 N–H and O–H groups in total. The van der Waals surface area contributed by atoms with Crippen molar-refractivity contribution in [3.8, 4) is 0 Å². The van der Waals surface area contributed by atoms with Gasteiger partial charge in [0, 0.05) is 12.7 Å². The van der Waals surface area contributed by atoms with Gasteiger partial charge in [0.25, 0.3) is 0 Å². The molecule has 108 valence electrons. The molecular formula is C16H22ClN3. The van der Waals surface area contributed by atoms with Crippen molar-refractivity contribution >= 4 is 22.6 Å². The molecule has 0 spiro atoms.